The maximum Gasteiger partial charge on any atom is 0.410 e. The zero-order valence-electron chi connectivity index (χ0n) is 27.4. The molecular weight excluding hydrogens is 577 g/mol. The van der Waals surface area contributed by atoms with Crippen LogP contribution in [0.5, 0.6) is 5.75 Å². The summed E-state index contributed by atoms with van der Waals surface area (Å²) in [5, 5.41) is 2.68. The van der Waals surface area contributed by atoms with Crippen LogP contribution < -0.4 is 10.1 Å². The predicted octanol–water partition coefficient (Wildman–Crippen LogP) is 6.58. The number of nitrogens with one attached hydrogen (secondary N) is 1. The monoisotopic (exact) mass is 625 g/mol. The van der Waals surface area contributed by atoms with Gasteiger partial charge in [0.1, 0.15) is 23.2 Å². The largest absolute Gasteiger partial charge is 0.490 e. The Morgan fingerprint density at radius 3 is 2.11 bits per heavy atom. The van der Waals surface area contributed by atoms with E-state index in [9.17, 15) is 14.4 Å². The molecule has 1 unspecified atom stereocenters. The molecule has 0 aromatic heterocycles. The fourth-order valence-electron chi connectivity index (χ4n) is 5.78. The SMILES string of the molecule is CC(C)OC(=O)N1CCC(C(C)Oc2ccc(-c3ccc(C[C@H](NC(=O)OC(C)(C)C)C(=O)N4CCCC4)c(F)c3)cc2)CC1. The van der Waals surface area contributed by atoms with Gasteiger partial charge in [-0.05, 0) is 108 Å². The van der Waals surface area contributed by atoms with Crippen molar-refractivity contribution in [1.82, 2.24) is 15.1 Å². The molecule has 10 heteroatoms. The lowest BCUT2D eigenvalue weighted by Gasteiger charge is -2.34. The van der Waals surface area contributed by atoms with Crippen LogP contribution in [-0.2, 0) is 20.7 Å². The van der Waals surface area contributed by atoms with Crippen molar-refractivity contribution in [1.29, 1.82) is 0 Å². The summed E-state index contributed by atoms with van der Waals surface area (Å²) in [5.41, 5.74) is 1.14. The number of alkyl carbamates (subject to hydrolysis) is 1. The summed E-state index contributed by atoms with van der Waals surface area (Å²) >= 11 is 0. The number of benzene rings is 2. The van der Waals surface area contributed by atoms with E-state index >= 15 is 4.39 Å². The third-order valence-corrected chi connectivity index (χ3v) is 8.19. The van der Waals surface area contributed by atoms with Crippen LogP contribution >= 0.6 is 0 Å². The molecule has 9 nitrogen and oxygen atoms in total. The second kappa shape index (κ2) is 15.0. The number of hydrogen-bond donors (Lipinski definition) is 1. The van der Waals surface area contributed by atoms with Crippen molar-refractivity contribution in [3.8, 4) is 16.9 Å². The Morgan fingerprint density at radius 1 is 0.911 bits per heavy atom. The highest BCUT2D eigenvalue weighted by Crippen LogP contribution is 2.28. The lowest BCUT2D eigenvalue weighted by atomic mass is 9.92. The van der Waals surface area contributed by atoms with Crippen molar-refractivity contribution in [3.63, 3.8) is 0 Å². The van der Waals surface area contributed by atoms with E-state index < -0.39 is 23.6 Å². The molecule has 2 saturated heterocycles. The maximum absolute atomic E-state index is 15.4. The molecule has 2 aliphatic heterocycles. The lowest BCUT2D eigenvalue weighted by molar-refractivity contribution is -0.132. The van der Waals surface area contributed by atoms with Crippen molar-refractivity contribution in [2.75, 3.05) is 26.2 Å². The maximum atomic E-state index is 15.4. The molecule has 4 rings (SSSR count). The summed E-state index contributed by atoms with van der Waals surface area (Å²) in [4.78, 5) is 41.4. The van der Waals surface area contributed by atoms with Crippen molar-refractivity contribution in [2.24, 2.45) is 5.92 Å². The molecule has 2 fully saturated rings. The third-order valence-electron chi connectivity index (χ3n) is 8.19. The summed E-state index contributed by atoms with van der Waals surface area (Å²) in [6, 6.07) is 11.6. The molecule has 2 aromatic carbocycles. The van der Waals surface area contributed by atoms with Gasteiger partial charge in [-0.3, -0.25) is 4.79 Å². The molecule has 0 aliphatic carbocycles. The summed E-state index contributed by atoms with van der Waals surface area (Å²) < 4.78 is 32.3. The van der Waals surface area contributed by atoms with Gasteiger partial charge in [-0.15, -0.1) is 0 Å². The summed E-state index contributed by atoms with van der Waals surface area (Å²) in [6.07, 6.45) is 2.40. The van der Waals surface area contributed by atoms with Gasteiger partial charge in [-0.2, -0.15) is 0 Å². The molecule has 246 valence electrons. The number of amides is 3. The van der Waals surface area contributed by atoms with E-state index in [0.29, 0.717) is 43.2 Å². The molecule has 0 spiro atoms. The van der Waals surface area contributed by atoms with Gasteiger partial charge in [0.25, 0.3) is 0 Å². The fraction of sp³-hybridized carbons (Fsp3) is 0.571. The zero-order valence-corrected chi connectivity index (χ0v) is 27.4. The number of rotatable bonds is 9. The predicted molar refractivity (Wildman–Crippen MR) is 171 cm³/mol. The number of nitrogens with zero attached hydrogens (tertiary/aromatic N) is 2. The Labute approximate surface area is 266 Å². The number of carbonyl (C=O) groups is 3. The quantitative estimate of drug-likeness (QED) is 0.338. The molecule has 0 radical (unpaired) electrons. The Hall–Kier alpha value is -3.82. The second-order valence-electron chi connectivity index (χ2n) is 13.3. The number of carbonyl (C=O) groups excluding carboxylic acids is 3. The first kappa shape index (κ1) is 34.1. The Bertz CT molecular complexity index is 1310. The van der Waals surface area contributed by atoms with Crippen LogP contribution in [0.15, 0.2) is 42.5 Å². The van der Waals surface area contributed by atoms with E-state index in [-0.39, 0.29) is 30.6 Å². The van der Waals surface area contributed by atoms with Crippen LogP contribution in [0, 0.1) is 11.7 Å². The molecular formula is C35H48FN3O6. The number of piperidine rings is 1. The molecule has 2 atom stereocenters. The Kier molecular flexibility index (Phi) is 11.3. The molecule has 1 N–H and O–H groups in total. The third kappa shape index (κ3) is 9.83. The molecule has 2 aromatic rings. The average Bonchev–Trinajstić information content (AvgIpc) is 3.52. The van der Waals surface area contributed by atoms with Crippen molar-refractivity contribution in [3.05, 3.63) is 53.8 Å². The molecule has 2 aliphatic rings. The van der Waals surface area contributed by atoms with Crippen LogP contribution in [-0.4, -0.2) is 77.9 Å². The summed E-state index contributed by atoms with van der Waals surface area (Å²) in [7, 11) is 0. The Morgan fingerprint density at radius 2 is 1.53 bits per heavy atom. The number of likely N-dealkylation sites (tertiary alicyclic amines) is 2. The van der Waals surface area contributed by atoms with Crippen LogP contribution in [0.4, 0.5) is 14.0 Å². The molecule has 0 saturated carbocycles. The van der Waals surface area contributed by atoms with Crippen molar-refractivity contribution in [2.45, 2.75) is 97.5 Å². The summed E-state index contributed by atoms with van der Waals surface area (Å²) in [6.45, 7) is 13.5. The minimum Gasteiger partial charge on any atom is -0.490 e. The average molecular weight is 626 g/mol. The highest BCUT2D eigenvalue weighted by atomic mass is 19.1. The van der Waals surface area contributed by atoms with Gasteiger partial charge in [0.2, 0.25) is 5.91 Å². The fourth-order valence-corrected chi connectivity index (χ4v) is 5.78. The Balaban J connectivity index is 1.36. The van der Waals surface area contributed by atoms with Gasteiger partial charge < -0.3 is 29.3 Å². The molecule has 3 amide bonds. The van der Waals surface area contributed by atoms with Gasteiger partial charge >= 0.3 is 12.2 Å². The number of ether oxygens (including phenoxy) is 3. The standard InChI is InChI=1S/C35H48FN3O6/c1-23(2)43-34(42)39-19-15-25(16-20-39)24(3)44-29-13-11-26(12-14-29)27-9-10-28(30(36)21-27)22-31(32(40)38-17-7-8-18-38)37-33(41)45-35(4,5)6/h9-14,21,23-25,31H,7-8,15-20,22H2,1-6H3,(H,37,41)/t24?,31-/m0/s1. The van der Waals surface area contributed by atoms with Crippen LogP contribution in [0.25, 0.3) is 11.1 Å². The minimum atomic E-state index is -0.933. The van der Waals surface area contributed by atoms with Gasteiger partial charge in [-0.25, -0.2) is 14.0 Å². The lowest BCUT2D eigenvalue weighted by Crippen LogP contribution is -2.50. The van der Waals surface area contributed by atoms with Gasteiger partial charge in [0, 0.05) is 32.6 Å². The van der Waals surface area contributed by atoms with E-state index in [4.69, 9.17) is 14.2 Å². The van der Waals surface area contributed by atoms with Gasteiger partial charge in [0.05, 0.1) is 12.2 Å². The molecule has 0 bridgehead atoms. The van der Waals surface area contributed by atoms with Crippen LogP contribution in [0.1, 0.15) is 72.8 Å². The van der Waals surface area contributed by atoms with Gasteiger partial charge in [-0.1, -0.05) is 24.3 Å². The highest BCUT2D eigenvalue weighted by molar-refractivity contribution is 5.86. The summed E-state index contributed by atoms with van der Waals surface area (Å²) in [5.74, 6) is 0.364. The molecule has 2 heterocycles. The number of halogens is 1. The van der Waals surface area contributed by atoms with E-state index in [0.717, 1.165) is 37.0 Å². The van der Waals surface area contributed by atoms with Crippen LogP contribution in [0.3, 0.4) is 0 Å². The topological polar surface area (TPSA) is 97.4 Å². The van der Waals surface area contributed by atoms with Crippen molar-refractivity contribution >= 4 is 18.1 Å². The van der Waals surface area contributed by atoms with Gasteiger partial charge in [0.15, 0.2) is 0 Å². The zero-order chi connectivity index (χ0) is 32.7. The first-order valence-corrected chi connectivity index (χ1v) is 16.1. The van der Waals surface area contributed by atoms with Crippen molar-refractivity contribution < 1.29 is 33.0 Å². The second-order valence-corrected chi connectivity index (χ2v) is 13.3. The van der Waals surface area contributed by atoms with E-state index in [1.165, 1.54) is 6.07 Å². The number of hydrogen-bond acceptors (Lipinski definition) is 6. The first-order chi connectivity index (χ1) is 21.3. The first-order valence-electron chi connectivity index (χ1n) is 16.1. The normalized spacial score (nSPS) is 17.2. The van der Waals surface area contributed by atoms with Crippen LogP contribution in [0.2, 0.25) is 0 Å². The highest BCUT2D eigenvalue weighted by Gasteiger charge is 2.31. The van der Waals surface area contributed by atoms with E-state index in [1.54, 1.807) is 36.6 Å². The van der Waals surface area contributed by atoms with E-state index in [1.807, 2.05) is 51.1 Å². The smallest absolute Gasteiger partial charge is 0.410 e. The molecule has 45 heavy (non-hydrogen) atoms. The minimum absolute atomic E-state index is 0.0171. The van der Waals surface area contributed by atoms with E-state index in [2.05, 4.69) is 5.32 Å².